The van der Waals surface area contributed by atoms with E-state index in [1.165, 1.54) is 30.3 Å². The van der Waals surface area contributed by atoms with E-state index >= 15 is 0 Å². The zero-order chi connectivity index (χ0) is 29.0. The Morgan fingerprint density at radius 3 is 2.58 bits per heavy atom. The van der Waals surface area contributed by atoms with Gasteiger partial charge in [0.2, 0.25) is 0 Å². The molecule has 0 spiro atoms. The molecule has 4 rings (SSSR count). The van der Waals surface area contributed by atoms with Crippen molar-refractivity contribution in [2.45, 2.75) is 25.1 Å². The van der Waals surface area contributed by atoms with E-state index in [9.17, 15) is 18.0 Å². The molecule has 0 bridgehead atoms. The van der Waals surface area contributed by atoms with E-state index in [1.807, 2.05) is 0 Å². The normalized spacial score (nSPS) is 14.9. The number of amidine groups is 1. The summed E-state index contributed by atoms with van der Waals surface area (Å²) in [6.07, 6.45) is -2.80. The number of aliphatic imine (C=N–C) groups is 2. The number of anilines is 1. The standard InChI is InChI=1S/C28H27ClF3N7O/c1-34-25(33)24-23(37-39(26(24)35-2)21-11-13-38(3)14-12-21)10-8-17-15-18(7-9-22(17)29)27(40)36-20-6-4-5-19(16-20)28(30,31)32/h4-7,9,15-16,21H,2,11-14H2,1,3H3,(H2,33,34)(H,36,40). The average Bonchev–Trinajstić information content (AvgIpc) is 3.30. The molecule has 0 unspecified atom stereocenters. The summed E-state index contributed by atoms with van der Waals surface area (Å²) < 4.78 is 40.9. The van der Waals surface area contributed by atoms with Crippen molar-refractivity contribution in [2.75, 3.05) is 32.5 Å². The zero-order valence-electron chi connectivity index (χ0n) is 21.9. The lowest BCUT2D eigenvalue weighted by Gasteiger charge is -2.29. The Bertz CT molecular complexity index is 1530. The maximum atomic E-state index is 13.0. The Kier molecular flexibility index (Phi) is 8.61. The molecular weight excluding hydrogens is 543 g/mol. The third kappa shape index (κ3) is 6.35. The van der Waals surface area contributed by atoms with E-state index < -0.39 is 17.6 Å². The monoisotopic (exact) mass is 569 g/mol. The van der Waals surface area contributed by atoms with Crippen LogP contribution in [0.1, 0.15) is 51.6 Å². The molecule has 1 amide bonds. The van der Waals surface area contributed by atoms with Gasteiger partial charge in [-0.25, -0.2) is 9.67 Å². The van der Waals surface area contributed by atoms with Crippen molar-refractivity contribution >= 4 is 41.6 Å². The number of halogens is 4. The van der Waals surface area contributed by atoms with Gasteiger partial charge in [-0.15, -0.1) is 0 Å². The molecule has 3 N–H and O–H groups in total. The molecular formula is C28H27ClF3N7O. The van der Waals surface area contributed by atoms with Crippen LogP contribution in [-0.2, 0) is 6.18 Å². The highest BCUT2D eigenvalue weighted by Gasteiger charge is 2.30. The first-order valence-electron chi connectivity index (χ1n) is 12.3. The summed E-state index contributed by atoms with van der Waals surface area (Å²) in [4.78, 5) is 23.3. The summed E-state index contributed by atoms with van der Waals surface area (Å²) in [5.74, 6) is 5.99. The zero-order valence-corrected chi connectivity index (χ0v) is 22.6. The Hall–Kier alpha value is -4.14. The maximum Gasteiger partial charge on any atom is 0.416 e. The van der Waals surface area contributed by atoms with Crippen LogP contribution in [0.3, 0.4) is 0 Å². The van der Waals surface area contributed by atoms with Crippen LogP contribution in [0, 0.1) is 11.8 Å². The second-order valence-electron chi connectivity index (χ2n) is 9.27. The van der Waals surface area contributed by atoms with E-state index in [1.54, 1.807) is 11.7 Å². The molecule has 2 heterocycles. The van der Waals surface area contributed by atoms with Crippen molar-refractivity contribution in [3.8, 4) is 11.8 Å². The molecule has 1 saturated heterocycles. The summed E-state index contributed by atoms with van der Waals surface area (Å²) in [5, 5.41) is 7.46. The Morgan fingerprint density at radius 2 is 1.93 bits per heavy atom. The molecule has 40 heavy (non-hydrogen) atoms. The fourth-order valence-corrected chi connectivity index (χ4v) is 4.54. The molecule has 12 heteroatoms. The topological polar surface area (TPSA) is 101 Å². The molecule has 208 valence electrons. The number of amides is 1. The molecule has 1 aromatic heterocycles. The lowest BCUT2D eigenvalue weighted by atomic mass is 10.1. The number of hydrogen-bond acceptors (Lipinski definition) is 5. The molecule has 1 fully saturated rings. The fraction of sp³-hybridized carbons (Fsp3) is 0.286. The second kappa shape index (κ2) is 11.9. The molecule has 1 aliphatic heterocycles. The molecule has 0 atom stereocenters. The minimum absolute atomic E-state index is 0.00489. The number of carbonyl (C=O) groups is 1. The Morgan fingerprint density at radius 1 is 1.20 bits per heavy atom. The highest BCUT2D eigenvalue weighted by Crippen LogP contribution is 2.32. The first kappa shape index (κ1) is 28.9. The average molecular weight is 570 g/mol. The molecule has 8 nitrogen and oxygen atoms in total. The summed E-state index contributed by atoms with van der Waals surface area (Å²) in [5.41, 5.74) is 6.60. The number of likely N-dealkylation sites (tertiary alicyclic amines) is 1. The maximum absolute atomic E-state index is 13.0. The van der Waals surface area contributed by atoms with Crippen LogP contribution in [0.15, 0.2) is 52.4 Å². The number of nitrogens with two attached hydrogens (primary N) is 1. The molecule has 1 aliphatic rings. The lowest BCUT2D eigenvalue weighted by molar-refractivity contribution is -0.137. The molecule has 0 aliphatic carbocycles. The Balaban J connectivity index is 1.66. The highest BCUT2D eigenvalue weighted by molar-refractivity contribution is 6.32. The van der Waals surface area contributed by atoms with Gasteiger partial charge in [-0.05, 0) is 82.0 Å². The van der Waals surface area contributed by atoms with Crippen molar-refractivity contribution in [2.24, 2.45) is 15.7 Å². The third-order valence-electron chi connectivity index (χ3n) is 6.56. The van der Waals surface area contributed by atoms with Gasteiger partial charge in [-0.1, -0.05) is 23.6 Å². The first-order chi connectivity index (χ1) is 19.0. The summed E-state index contributed by atoms with van der Waals surface area (Å²) in [7, 11) is 3.61. The number of carbonyl (C=O) groups excluding carboxylic acids is 1. The van der Waals surface area contributed by atoms with Gasteiger partial charge in [0.05, 0.1) is 22.2 Å². The van der Waals surface area contributed by atoms with Gasteiger partial charge in [-0.3, -0.25) is 9.79 Å². The van der Waals surface area contributed by atoms with Crippen molar-refractivity contribution in [3.05, 3.63) is 75.4 Å². The smallest absolute Gasteiger partial charge is 0.383 e. The number of aromatic nitrogens is 2. The van der Waals surface area contributed by atoms with Gasteiger partial charge >= 0.3 is 6.18 Å². The SMILES string of the molecule is C=Nc1c(C(N)=NC)c(C#Cc2cc(C(=O)Nc3cccc(C(F)(F)F)c3)ccc2Cl)nn1C1CCN(C)CC1. The van der Waals surface area contributed by atoms with Gasteiger partial charge in [0.1, 0.15) is 11.5 Å². The number of hydrogen-bond donors (Lipinski definition) is 2. The molecule has 2 aromatic carbocycles. The van der Waals surface area contributed by atoms with E-state index in [0.717, 1.165) is 38.1 Å². The van der Waals surface area contributed by atoms with Crippen LogP contribution < -0.4 is 11.1 Å². The largest absolute Gasteiger partial charge is 0.416 e. The van der Waals surface area contributed by atoms with Crippen molar-refractivity contribution in [1.29, 1.82) is 0 Å². The number of piperidine rings is 1. The number of nitrogens with one attached hydrogen (secondary N) is 1. The minimum atomic E-state index is -4.53. The van der Waals surface area contributed by atoms with Crippen LogP contribution in [0.5, 0.6) is 0 Å². The summed E-state index contributed by atoms with van der Waals surface area (Å²) in [6.45, 7) is 5.51. The van der Waals surface area contributed by atoms with Crippen molar-refractivity contribution < 1.29 is 18.0 Å². The molecule has 3 aromatic rings. The van der Waals surface area contributed by atoms with Gasteiger partial charge in [0.25, 0.3) is 5.91 Å². The number of benzene rings is 2. The van der Waals surface area contributed by atoms with Crippen LogP contribution >= 0.6 is 11.6 Å². The van der Waals surface area contributed by atoms with Gasteiger partial charge in [0, 0.05) is 23.9 Å². The predicted molar refractivity (Wildman–Crippen MR) is 151 cm³/mol. The second-order valence-corrected chi connectivity index (χ2v) is 9.68. The Labute approximate surface area is 234 Å². The quantitative estimate of drug-likeness (QED) is 0.252. The summed E-state index contributed by atoms with van der Waals surface area (Å²) in [6, 6.07) is 8.87. The van der Waals surface area contributed by atoms with E-state index in [0.29, 0.717) is 22.6 Å². The number of rotatable bonds is 5. The third-order valence-corrected chi connectivity index (χ3v) is 6.89. The van der Waals surface area contributed by atoms with E-state index in [2.05, 4.69) is 45.8 Å². The lowest BCUT2D eigenvalue weighted by Crippen LogP contribution is -2.31. The van der Waals surface area contributed by atoms with E-state index in [-0.39, 0.29) is 28.2 Å². The van der Waals surface area contributed by atoms with Crippen LogP contribution in [0.4, 0.5) is 24.7 Å². The van der Waals surface area contributed by atoms with Crippen molar-refractivity contribution in [1.82, 2.24) is 14.7 Å². The number of nitrogens with zero attached hydrogens (tertiary/aromatic N) is 5. The minimum Gasteiger partial charge on any atom is -0.383 e. The van der Waals surface area contributed by atoms with E-state index in [4.69, 9.17) is 22.4 Å². The van der Waals surface area contributed by atoms with Crippen LogP contribution in [0.2, 0.25) is 5.02 Å². The molecule has 0 saturated carbocycles. The fourth-order valence-electron chi connectivity index (χ4n) is 4.37. The number of alkyl halides is 3. The van der Waals surface area contributed by atoms with Gasteiger partial charge in [0.15, 0.2) is 5.82 Å². The highest BCUT2D eigenvalue weighted by atomic mass is 35.5. The van der Waals surface area contributed by atoms with Gasteiger partial charge < -0.3 is 16.0 Å². The molecule has 0 radical (unpaired) electrons. The van der Waals surface area contributed by atoms with Crippen molar-refractivity contribution in [3.63, 3.8) is 0 Å². The predicted octanol–water partition coefficient (Wildman–Crippen LogP) is 5.14. The van der Waals surface area contributed by atoms with Crippen LogP contribution in [0.25, 0.3) is 0 Å². The van der Waals surface area contributed by atoms with Gasteiger partial charge in [-0.2, -0.15) is 18.3 Å². The summed E-state index contributed by atoms with van der Waals surface area (Å²) >= 11 is 6.36. The van der Waals surface area contributed by atoms with Crippen LogP contribution in [-0.4, -0.2) is 60.3 Å². The first-order valence-corrected chi connectivity index (χ1v) is 12.7.